The van der Waals surface area contributed by atoms with Gasteiger partial charge in [0.25, 0.3) is 0 Å². The largest absolute Gasteiger partial charge is 1.00 e. The van der Waals surface area contributed by atoms with Gasteiger partial charge in [0.1, 0.15) is 0 Å². The number of benzene rings is 2. The summed E-state index contributed by atoms with van der Waals surface area (Å²) in [6, 6.07) is 18.9. The Hall–Kier alpha value is -1.42. The van der Waals surface area contributed by atoms with Crippen LogP contribution in [0.4, 0.5) is 0 Å². The van der Waals surface area contributed by atoms with Gasteiger partial charge in [-0.2, -0.15) is 0 Å². The van der Waals surface area contributed by atoms with E-state index in [1.165, 1.54) is 0 Å². The third-order valence-electron chi connectivity index (χ3n) is 2.16. The van der Waals surface area contributed by atoms with Gasteiger partial charge in [-0.25, -0.2) is 0 Å². The van der Waals surface area contributed by atoms with Gasteiger partial charge in [-0.05, 0) is 11.1 Å². The molecule has 16 heavy (non-hydrogen) atoms. The summed E-state index contributed by atoms with van der Waals surface area (Å²) in [5, 5.41) is 11.8. The van der Waals surface area contributed by atoms with E-state index in [2.05, 4.69) is 0 Å². The Bertz CT molecular complexity index is 449. The van der Waals surface area contributed by atoms with Gasteiger partial charge in [-0.15, -0.1) is 5.76 Å². The summed E-state index contributed by atoms with van der Waals surface area (Å²) in [4.78, 5) is 0. The van der Waals surface area contributed by atoms with Crippen molar-refractivity contribution in [3.8, 4) is 0 Å². The van der Waals surface area contributed by atoms with Gasteiger partial charge in [0, 0.05) is 0 Å². The second kappa shape index (κ2) is 6.22. The molecule has 0 radical (unpaired) electrons. The molecule has 0 aliphatic heterocycles. The van der Waals surface area contributed by atoms with Crippen LogP contribution in [0.2, 0.25) is 0 Å². The monoisotopic (exact) mass is 202 g/mol. The molecule has 0 heterocycles. The number of rotatable bonds is 2. The van der Waals surface area contributed by atoms with E-state index in [0.29, 0.717) is 0 Å². The molecule has 0 saturated heterocycles. The number of hydrogen-bond donors (Lipinski definition) is 0. The minimum absolute atomic E-state index is 0. The molecule has 0 aromatic heterocycles. The summed E-state index contributed by atoms with van der Waals surface area (Å²) < 4.78 is 0. The summed E-state index contributed by atoms with van der Waals surface area (Å²) in [5.41, 5.74) is 1.66. The van der Waals surface area contributed by atoms with Crippen molar-refractivity contribution in [2.75, 3.05) is 0 Å². The van der Waals surface area contributed by atoms with Gasteiger partial charge >= 0.3 is 18.9 Å². The summed E-state index contributed by atoms with van der Waals surface area (Å²) in [5.74, 6) is 0.0433. The van der Waals surface area contributed by atoms with Crippen molar-refractivity contribution in [3.63, 3.8) is 0 Å². The van der Waals surface area contributed by atoms with Crippen molar-refractivity contribution < 1.29 is 24.0 Å². The van der Waals surface area contributed by atoms with Crippen LogP contribution in [-0.2, 0) is 0 Å². The molecule has 0 atom stereocenters. The zero-order chi connectivity index (χ0) is 10.5. The summed E-state index contributed by atoms with van der Waals surface area (Å²) >= 11 is 0. The molecule has 2 rings (SSSR count). The fraction of sp³-hybridized carbons (Fsp3) is 0. The van der Waals surface area contributed by atoms with E-state index in [-0.39, 0.29) is 24.6 Å². The van der Waals surface area contributed by atoms with Crippen molar-refractivity contribution in [3.05, 3.63) is 71.8 Å². The smallest absolute Gasteiger partial charge is 0.872 e. The van der Waals surface area contributed by atoms with Gasteiger partial charge in [-0.3, -0.25) is 0 Å². The van der Waals surface area contributed by atoms with Crippen molar-refractivity contribution in [1.82, 2.24) is 0 Å². The summed E-state index contributed by atoms with van der Waals surface area (Å²) in [6.07, 6.45) is 1.65. The van der Waals surface area contributed by atoms with Gasteiger partial charge in [-0.1, -0.05) is 66.7 Å². The molecule has 0 bridgehead atoms. The van der Waals surface area contributed by atoms with Crippen LogP contribution in [0.25, 0.3) is 11.8 Å². The van der Waals surface area contributed by atoms with E-state index < -0.39 is 0 Å². The van der Waals surface area contributed by atoms with E-state index >= 15 is 0 Å². The maximum absolute atomic E-state index is 11.8. The minimum Gasteiger partial charge on any atom is -0.872 e. The Labute approximate surface area is 108 Å². The normalized spacial score (nSPS) is 10.6. The molecule has 0 aliphatic rings. The molecule has 2 aromatic carbocycles. The molecule has 0 spiro atoms. The quantitative estimate of drug-likeness (QED) is 0.367. The van der Waals surface area contributed by atoms with Crippen LogP contribution in [0.3, 0.4) is 0 Å². The molecule has 2 heteroatoms. The van der Waals surface area contributed by atoms with E-state index in [1.807, 2.05) is 60.7 Å². The van der Waals surface area contributed by atoms with Crippen LogP contribution in [0.15, 0.2) is 60.7 Å². The minimum atomic E-state index is 0. The van der Waals surface area contributed by atoms with Gasteiger partial charge in [0.05, 0.1) is 0 Å². The van der Waals surface area contributed by atoms with E-state index in [4.69, 9.17) is 0 Å². The summed E-state index contributed by atoms with van der Waals surface area (Å²) in [6.45, 7) is 0. The predicted molar refractivity (Wildman–Crippen MR) is 60.8 cm³/mol. The Balaban J connectivity index is 0.00000128. The molecule has 0 amide bonds. The van der Waals surface area contributed by atoms with Crippen LogP contribution in [0.1, 0.15) is 11.1 Å². The Kier molecular flexibility index (Phi) is 4.92. The van der Waals surface area contributed by atoms with Crippen molar-refractivity contribution in [2.45, 2.75) is 0 Å². The maximum Gasteiger partial charge on any atom is 1.00 e. The van der Waals surface area contributed by atoms with Crippen molar-refractivity contribution >= 4 is 11.8 Å². The fourth-order valence-corrected chi connectivity index (χ4v) is 1.39. The predicted octanol–water partition coefficient (Wildman–Crippen LogP) is -0.451. The molecular weight excluding hydrogens is 191 g/mol. The molecule has 1 nitrogen and oxygen atoms in total. The summed E-state index contributed by atoms with van der Waals surface area (Å²) in [7, 11) is 0. The average Bonchev–Trinajstić information content (AvgIpc) is 2.31. The Morgan fingerprint density at radius 3 is 1.88 bits per heavy atom. The Morgan fingerprint density at radius 2 is 1.31 bits per heavy atom. The van der Waals surface area contributed by atoms with Crippen molar-refractivity contribution in [1.29, 1.82) is 0 Å². The molecule has 74 valence electrons. The first-order valence-electron chi connectivity index (χ1n) is 4.85. The molecule has 0 saturated carbocycles. The maximum atomic E-state index is 11.8. The van der Waals surface area contributed by atoms with Crippen LogP contribution in [0, 0.1) is 0 Å². The first-order valence-corrected chi connectivity index (χ1v) is 4.85. The first kappa shape index (κ1) is 12.6. The fourth-order valence-electron chi connectivity index (χ4n) is 1.39. The van der Waals surface area contributed by atoms with Gasteiger partial charge in [0.2, 0.25) is 0 Å². The SMILES string of the molecule is [Li+].[O-]/C(=C\c1ccccc1)c1ccccc1. The number of hydrogen-bond acceptors (Lipinski definition) is 1. The third kappa shape index (κ3) is 3.31. The molecule has 0 N–H and O–H groups in total. The van der Waals surface area contributed by atoms with Crippen LogP contribution in [-0.4, -0.2) is 0 Å². The molecule has 0 unspecified atom stereocenters. The van der Waals surface area contributed by atoms with E-state index in [0.717, 1.165) is 11.1 Å². The van der Waals surface area contributed by atoms with Crippen LogP contribution in [0.5, 0.6) is 0 Å². The molecule has 2 aromatic rings. The van der Waals surface area contributed by atoms with E-state index in [1.54, 1.807) is 6.08 Å². The second-order valence-electron chi connectivity index (χ2n) is 3.29. The average molecular weight is 202 g/mol. The molecule has 0 fully saturated rings. The standard InChI is InChI=1S/C14H12O.Li/c15-14(13-9-5-2-6-10-13)11-12-7-3-1-4-8-12;/h1-11,15H;/q;+1/p-1/b14-11-;. The van der Waals surface area contributed by atoms with E-state index in [9.17, 15) is 5.11 Å². The third-order valence-corrected chi connectivity index (χ3v) is 2.16. The van der Waals surface area contributed by atoms with Gasteiger partial charge in [0.15, 0.2) is 0 Å². The molecular formula is C14H11LiO. The van der Waals surface area contributed by atoms with Crippen LogP contribution >= 0.6 is 0 Å². The topological polar surface area (TPSA) is 23.1 Å². The second-order valence-corrected chi connectivity index (χ2v) is 3.29. The molecule has 0 aliphatic carbocycles. The zero-order valence-electron chi connectivity index (χ0n) is 9.26. The van der Waals surface area contributed by atoms with Crippen LogP contribution < -0.4 is 24.0 Å². The van der Waals surface area contributed by atoms with Gasteiger partial charge < -0.3 is 5.11 Å². The Morgan fingerprint density at radius 1 is 0.812 bits per heavy atom. The van der Waals surface area contributed by atoms with Crippen molar-refractivity contribution in [2.24, 2.45) is 0 Å². The first-order chi connectivity index (χ1) is 7.36. The zero-order valence-corrected chi connectivity index (χ0v) is 9.26.